The summed E-state index contributed by atoms with van der Waals surface area (Å²) in [6, 6.07) is 5.96. The monoisotopic (exact) mass is 362 g/mol. The molecule has 20 heavy (non-hydrogen) atoms. The van der Waals surface area contributed by atoms with Crippen LogP contribution in [0.25, 0.3) is 0 Å². The van der Waals surface area contributed by atoms with Gasteiger partial charge in [-0.25, -0.2) is 13.6 Å². The quantitative estimate of drug-likeness (QED) is 0.846. The minimum Gasteiger partial charge on any atom is -0.478 e. The van der Waals surface area contributed by atoms with Gasteiger partial charge in [0.05, 0.1) is 15.1 Å². The molecule has 2 rings (SSSR count). The van der Waals surface area contributed by atoms with Crippen molar-refractivity contribution in [2.45, 2.75) is 0 Å². The van der Waals surface area contributed by atoms with Crippen molar-refractivity contribution in [1.29, 1.82) is 0 Å². The molecule has 0 aliphatic heterocycles. The molecule has 7 heteroatoms. The topological polar surface area (TPSA) is 46.5 Å². The van der Waals surface area contributed by atoms with Crippen LogP contribution in [0.5, 0.6) is 11.5 Å². The first kappa shape index (κ1) is 14.7. The number of carbonyl (C=O) groups is 1. The van der Waals surface area contributed by atoms with Gasteiger partial charge in [-0.3, -0.25) is 0 Å². The van der Waals surface area contributed by atoms with Gasteiger partial charge in [-0.1, -0.05) is 11.6 Å². The van der Waals surface area contributed by atoms with Gasteiger partial charge < -0.3 is 9.84 Å². The van der Waals surface area contributed by atoms with E-state index in [1.807, 2.05) is 0 Å². The Balaban J connectivity index is 2.37. The number of rotatable bonds is 3. The lowest BCUT2D eigenvalue weighted by molar-refractivity contribution is 0.0695. The van der Waals surface area contributed by atoms with Crippen molar-refractivity contribution >= 4 is 33.5 Å². The first-order valence-corrected chi connectivity index (χ1v) is 6.41. The zero-order valence-corrected chi connectivity index (χ0v) is 12.0. The van der Waals surface area contributed by atoms with E-state index in [0.29, 0.717) is 0 Å². The van der Waals surface area contributed by atoms with Crippen LogP contribution in [-0.4, -0.2) is 11.1 Å². The summed E-state index contributed by atoms with van der Waals surface area (Å²) in [4.78, 5) is 10.8. The molecule has 0 aromatic heterocycles. The standard InChI is InChI=1S/C13H6BrClF2O3/c14-11-7(13(18)19)2-4-10(12(11)17)20-6-1-3-8(15)9(16)5-6/h1-5H,(H,18,19). The number of aromatic carboxylic acids is 1. The van der Waals surface area contributed by atoms with Crippen LogP contribution in [0.4, 0.5) is 8.78 Å². The van der Waals surface area contributed by atoms with Crippen molar-refractivity contribution in [1.82, 2.24) is 0 Å². The van der Waals surface area contributed by atoms with Gasteiger partial charge in [0, 0.05) is 6.07 Å². The molecule has 0 fully saturated rings. The molecule has 2 aromatic carbocycles. The van der Waals surface area contributed by atoms with Gasteiger partial charge in [0.2, 0.25) is 0 Å². The van der Waals surface area contributed by atoms with Crippen molar-refractivity contribution in [3.8, 4) is 11.5 Å². The summed E-state index contributed by atoms with van der Waals surface area (Å²) in [5, 5.41) is 8.75. The molecule has 0 amide bonds. The number of benzene rings is 2. The Morgan fingerprint density at radius 2 is 1.95 bits per heavy atom. The molecule has 3 nitrogen and oxygen atoms in total. The average molecular weight is 364 g/mol. The summed E-state index contributed by atoms with van der Waals surface area (Å²) in [5.74, 6) is -3.06. The minimum absolute atomic E-state index is 0.0424. The summed E-state index contributed by atoms with van der Waals surface area (Å²) in [6.45, 7) is 0. The van der Waals surface area contributed by atoms with Crippen LogP contribution in [0.2, 0.25) is 5.02 Å². The number of halogens is 4. The molecule has 0 aliphatic rings. The summed E-state index contributed by atoms with van der Waals surface area (Å²) in [7, 11) is 0. The van der Waals surface area contributed by atoms with Crippen molar-refractivity contribution in [2.75, 3.05) is 0 Å². The Morgan fingerprint density at radius 1 is 1.25 bits per heavy atom. The predicted octanol–water partition coefficient (Wildman–Crippen LogP) is 4.87. The molecular formula is C13H6BrClF2O3. The average Bonchev–Trinajstić information content (AvgIpc) is 2.39. The van der Waals surface area contributed by atoms with Crippen LogP contribution in [-0.2, 0) is 0 Å². The zero-order valence-electron chi connectivity index (χ0n) is 9.66. The van der Waals surface area contributed by atoms with Crippen molar-refractivity contribution < 1.29 is 23.4 Å². The van der Waals surface area contributed by atoms with Crippen LogP contribution in [0, 0.1) is 11.6 Å². The maximum Gasteiger partial charge on any atom is 0.336 e. The Kier molecular flexibility index (Phi) is 4.25. The van der Waals surface area contributed by atoms with Gasteiger partial charge in [-0.05, 0) is 40.2 Å². The number of ether oxygens (including phenoxy) is 1. The zero-order chi connectivity index (χ0) is 14.9. The van der Waals surface area contributed by atoms with E-state index in [1.54, 1.807) is 0 Å². The minimum atomic E-state index is -1.28. The van der Waals surface area contributed by atoms with Crippen LogP contribution < -0.4 is 4.74 Å². The lowest BCUT2D eigenvalue weighted by Gasteiger charge is -2.09. The summed E-state index contributed by atoms with van der Waals surface area (Å²) < 4.78 is 32.1. The van der Waals surface area contributed by atoms with Gasteiger partial charge in [0.1, 0.15) is 11.6 Å². The van der Waals surface area contributed by atoms with Gasteiger partial charge in [0.25, 0.3) is 0 Å². The molecule has 104 valence electrons. The number of hydrogen-bond acceptors (Lipinski definition) is 2. The second-order valence-electron chi connectivity index (χ2n) is 3.72. The van der Waals surface area contributed by atoms with Crippen molar-refractivity contribution in [2.24, 2.45) is 0 Å². The molecule has 0 bridgehead atoms. The smallest absolute Gasteiger partial charge is 0.336 e. The number of carboxylic acid groups (broad SMARTS) is 1. The lowest BCUT2D eigenvalue weighted by atomic mass is 10.2. The SMILES string of the molecule is O=C(O)c1ccc(Oc2ccc(Cl)c(F)c2)c(F)c1Br. The Labute approximate surface area is 125 Å². The van der Waals surface area contributed by atoms with Gasteiger partial charge in [-0.15, -0.1) is 0 Å². The van der Waals surface area contributed by atoms with E-state index >= 15 is 0 Å². The highest BCUT2D eigenvalue weighted by molar-refractivity contribution is 9.10. The predicted molar refractivity (Wildman–Crippen MR) is 72.5 cm³/mol. The molecular weight excluding hydrogens is 357 g/mol. The van der Waals surface area contributed by atoms with Crippen molar-refractivity contribution in [3.05, 3.63) is 57.0 Å². The normalized spacial score (nSPS) is 10.4. The summed E-state index contributed by atoms with van der Waals surface area (Å²) in [6.07, 6.45) is 0. The second kappa shape index (κ2) is 5.76. The summed E-state index contributed by atoms with van der Waals surface area (Å²) >= 11 is 8.36. The van der Waals surface area contributed by atoms with Gasteiger partial charge in [0.15, 0.2) is 11.6 Å². The highest BCUT2D eigenvalue weighted by atomic mass is 79.9. The number of carboxylic acids is 1. The molecule has 0 saturated heterocycles. The van der Waals surface area contributed by atoms with Crippen LogP contribution in [0.3, 0.4) is 0 Å². The third kappa shape index (κ3) is 2.91. The number of hydrogen-bond donors (Lipinski definition) is 1. The maximum atomic E-state index is 13.9. The molecule has 0 aliphatic carbocycles. The Bertz CT molecular complexity index is 692. The molecule has 0 spiro atoms. The van der Waals surface area contributed by atoms with E-state index < -0.39 is 17.6 Å². The Hall–Kier alpha value is -1.66. The lowest BCUT2D eigenvalue weighted by Crippen LogP contribution is -2.00. The van der Waals surface area contributed by atoms with Crippen LogP contribution >= 0.6 is 27.5 Å². The third-order valence-electron chi connectivity index (χ3n) is 2.40. The third-order valence-corrected chi connectivity index (χ3v) is 3.48. The largest absolute Gasteiger partial charge is 0.478 e. The molecule has 0 unspecified atom stereocenters. The van der Waals surface area contributed by atoms with E-state index in [-0.39, 0.29) is 26.6 Å². The summed E-state index contributed by atoms with van der Waals surface area (Å²) in [5.41, 5.74) is -0.239. The second-order valence-corrected chi connectivity index (χ2v) is 4.92. The van der Waals surface area contributed by atoms with Crippen molar-refractivity contribution in [3.63, 3.8) is 0 Å². The van der Waals surface area contributed by atoms with Crippen LogP contribution in [0.1, 0.15) is 10.4 Å². The van der Waals surface area contributed by atoms with E-state index in [4.69, 9.17) is 21.4 Å². The fourth-order valence-corrected chi connectivity index (χ4v) is 2.06. The maximum absolute atomic E-state index is 13.9. The molecule has 1 N–H and O–H groups in total. The van der Waals surface area contributed by atoms with Crippen LogP contribution in [0.15, 0.2) is 34.8 Å². The molecule has 0 saturated carbocycles. The van der Waals surface area contributed by atoms with E-state index in [0.717, 1.165) is 12.1 Å². The molecule has 0 heterocycles. The van der Waals surface area contributed by atoms with E-state index in [1.165, 1.54) is 18.2 Å². The highest BCUT2D eigenvalue weighted by Crippen LogP contribution is 2.32. The van der Waals surface area contributed by atoms with E-state index in [2.05, 4.69) is 15.9 Å². The van der Waals surface area contributed by atoms with Gasteiger partial charge in [-0.2, -0.15) is 0 Å². The van der Waals surface area contributed by atoms with Gasteiger partial charge >= 0.3 is 5.97 Å². The molecule has 0 atom stereocenters. The van der Waals surface area contributed by atoms with E-state index in [9.17, 15) is 13.6 Å². The molecule has 2 aromatic rings. The first-order valence-electron chi connectivity index (χ1n) is 5.24. The molecule has 0 radical (unpaired) electrons. The highest BCUT2D eigenvalue weighted by Gasteiger charge is 2.17. The Morgan fingerprint density at radius 3 is 2.55 bits per heavy atom. The fraction of sp³-hybridized carbons (Fsp3) is 0. The first-order chi connectivity index (χ1) is 9.40. The fourth-order valence-electron chi connectivity index (χ4n) is 1.44.